The predicted molar refractivity (Wildman–Crippen MR) is 76.2 cm³/mol. The first-order chi connectivity index (χ1) is 8.66. The van der Waals surface area contributed by atoms with E-state index in [2.05, 4.69) is 21.2 Å². The second-order valence-corrected chi connectivity index (χ2v) is 5.72. The minimum absolute atomic E-state index is 0.309. The van der Waals surface area contributed by atoms with Crippen molar-refractivity contribution in [2.24, 2.45) is 5.92 Å². The van der Waals surface area contributed by atoms with Gasteiger partial charge in [-0.25, -0.2) is 4.79 Å². The van der Waals surface area contributed by atoms with Gasteiger partial charge < -0.3 is 10.4 Å². The molecule has 0 amide bonds. The summed E-state index contributed by atoms with van der Waals surface area (Å²) in [6, 6.07) is 5.09. The molecule has 1 aliphatic carbocycles. The van der Waals surface area contributed by atoms with E-state index in [1.54, 1.807) is 12.1 Å². The van der Waals surface area contributed by atoms with Crippen LogP contribution < -0.4 is 5.32 Å². The van der Waals surface area contributed by atoms with Crippen LogP contribution in [0.15, 0.2) is 22.7 Å². The van der Waals surface area contributed by atoms with E-state index in [1.807, 2.05) is 6.07 Å². The highest BCUT2D eigenvalue weighted by atomic mass is 79.9. The third-order valence-corrected chi connectivity index (χ3v) is 4.21. The predicted octanol–water partition coefficient (Wildman–Crippen LogP) is 4.14. The second kappa shape index (κ2) is 6.23. The molecule has 1 aromatic carbocycles. The average Bonchev–Trinajstić information content (AvgIpc) is 2.84. The fourth-order valence-corrected chi connectivity index (χ4v) is 3.02. The van der Waals surface area contributed by atoms with E-state index < -0.39 is 5.97 Å². The van der Waals surface area contributed by atoms with Crippen molar-refractivity contribution in [1.82, 2.24) is 0 Å². The lowest BCUT2D eigenvalue weighted by Gasteiger charge is -2.12. The van der Waals surface area contributed by atoms with Gasteiger partial charge >= 0.3 is 5.97 Å². The molecule has 0 spiro atoms. The molecule has 0 heterocycles. The van der Waals surface area contributed by atoms with Crippen LogP contribution in [0.1, 0.15) is 42.5 Å². The van der Waals surface area contributed by atoms with Gasteiger partial charge in [-0.1, -0.05) is 25.7 Å². The summed E-state index contributed by atoms with van der Waals surface area (Å²) in [7, 11) is 0. The van der Waals surface area contributed by atoms with Gasteiger partial charge in [-0.15, -0.1) is 0 Å². The van der Waals surface area contributed by atoms with Crippen molar-refractivity contribution in [3.05, 3.63) is 28.2 Å². The van der Waals surface area contributed by atoms with Gasteiger partial charge in [0.15, 0.2) is 0 Å². The van der Waals surface area contributed by atoms with E-state index in [0.29, 0.717) is 5.56 Å². The summed E-state index contributed by atoms with van der Waals surface area (Å²) < 4.78 is 0.814. The fourth-order valence-electron chi connectivity index (χ4n) is 2.50. The molecule has 1 fully saturated rings. The first kappa shape index (κ1) is 13.4. The van der Waals surface area contributed by atoms with Crippen molar-refractivity contribution < 1.29 is 9.90 Å². The Balaban J connectivity index is 1.87. The molecule has 3 nitrogen and oxygen atoms in total. The largest absolute Gasteiger partial charge is 0.478 e. The lowest BCUT2D eigenvalue weighted by Crippen LogP contribution is -2.07. The van der Waals surface area contributed by atoms with Crippen LogP contribution in [0.25, 0.3) is 0 Å². The maximum atomic E-state index is 10.8. The molecule has 0 unspecified atom stereocenters. The molecule has 1 aliphatic rings. The number of halogens is 1. The van der Waals surface area contributed by atoms with Crippen LogP contribution in [0.4, 0.5) is 5.69 Å². The van der Waals surface area contributed by atoms with Gasteiger partial charge in [-0.3, -0.25) is 0 Å². The number of nitrogens with one attached hydrogen (secondary N) is 1. The number of benzene rings is 1. The molecule has 4 heteroatoms. The zero-order chi connectivity index (χ0) is 13.0. The van der Waals surface area contributed by atoms with Crippen LogP contribution in [0.3, 0.4) is 0 Å². The molecule has 0 atom stereocenters. The normalized spacial score (nSPS) is 15.8. The maximum Gasteiger partial charge on any atom is 0.335 e. The van der Waals surface area contributed by atoms with E-state index >= 15 is 0 Å². The number of anilines is 1. The molecule has 0 saturated heterocycles. The summed E-state index contributed by atoms with van der Waals surface area (Å²) in [5, 5.41) is 12.2. The van der Waals surface area contributed by atoms with Crippen LogP contribution in [-0.2, 0) is 0 Å². The first-order valence-corrected chi connectivity index (χ1v) is 7.23. The molecule has 18 heavy (non-hydrogen) atoms. The van der Waals surface area contributed by atoms with Crippen LogP contribution >= 0.6 is 15.9 Å². The zero-order valence-electron chi connectivity index (χ0n) is 10.3. The molecule has 2 N–H and O–H groups in total. The molecule has 0 aliphatic heterocycles. The standard InChI is InChI=1S/C14H18BrNO2/c15-12-9-11(14(17)18)5-6-13(12)16-8-7-10-3-1-2-4-10/h5-6,9-10,16H,1-4,7-8H2,(H,17,18). The average molecular weight is 312 g/mol. The number of carboxylic acid groups (broad SMARTS) is 1. The van der Waals surface area contributed by atoms with Crippen LogP contribution in [0, 0.1) is 5.92 Å². The van der Waals surface area contributed by atoms with Gasteiger partial charge in [-0.2, -0.15) is 0 Å². The van der Waals surface area contributed by atoms with E-state index in [9.17, 15) is 4.79 Å². The van der Waals surface area contributed by atoms with Crippen molar-refractivity contribution in [3.63, 3.8) is 0 Å². The summed E-state index contributed by atoms with van der Waals surface area (Å²) in [4.78, 5) is 10.8. The van der Waals surface area contributed by atoms with Crippen molar-refractivity contribution in [2.75, 3.05) is 11.9 Å². The van der Waals surface area contributed by atoms with Crippen LogP contribution in [0.2, 0.25) is 0 Å². The fraction of sp³-hybridized carbons (Fsp3) is 0.500. The van der Waals surface area contributed by atoms with Gasteiger partial charge in [-0.05, 0) is 46.5 Å². The molecule has 0 aromatic heterocycles. The van der Waals surface area contributed by atoms with Crippen LogP contribution in [-0.4, -0.2) is 17.6 Å². The topological polar surface area (TPSA) is 49.3 Å². The van der Waals surface area contributed by atoms with Gasteiger partial charge in [0, 0.05) is 16.7 Å². The van der Waals surface area contributed by atoms with Crippen molar-refractivity contribution in [3.8, 4) is 0 Å². The molecule has 1 aromatic rings. The summed E-state index contributed by atoms with van der Waals surface area (Å²) in [6.07, 6.45) is 6.68. The van der Waals surface area contributed by atoms with Crippen LogP contribution in [0.5, 0.6) is 0 Å². The molecule has 0 bridgehead atoms. The monoisotopic (exact) mass is 311 g/mol. The Morgan fingerprint density at radius 1 is 1.39 bits per heavy atom. The highest BCUT2D eigenvalue weighted by molar-refractivity contribution is 9.10. The van der Waals surface area contributed by atoms with Crippen molar-refractivity contribution in [2.45, 2.75) is 32.1 Å². The van der Waals surface area contributed by atoms with Gasteiger partial charge in [0.2, 0.25) is 0 Å². The van der Waals surface area contributed by atoms with Gasteiger partial charge in [0.25, 0.3) is 0 Å². The number of carbonyl (C=O) groups is 1. The Morgan fingerprint density at radius 3 is 2.72 bits per heavy atom. The molecule has 2 rings (SSSR count). The summed E-state index contributed by atoms with van der Waals surface area (Å²) in [5.74, 6) is -0.0252. The Hall–Kier alpha value is -1.03. The highest BCUT2D eigenvalue weighted by Gasteiger charge is 2.14. The number of hydrogen-bond donors (Lipinski definition) is 2. The third-order valence-electron chi connectivity index (χ3n) is 3.56. The number of aromatic carboxylic acids is 1. The van der Waals surface area contributed by atoms with Crippen molar-refractivity contribution >= 4 is 27.6 Å². The molecular weight excluding hydrogens is 294 g/mol. The summed E-state index contributed by atoms with van der Waals surface area (Å²) in [6.45, 7) is 0.954. The van der Waals surface area contributed by atoms with Crippen molar-refractivity contribution in [1.29, 1.82) is 0 Å². The number of carboxylic acids is 1. The Bertz CT molecular complexity index is 428. The molecule has 98 valence electrons. The zero-order valence-corrected chi connectivity index (χ0v) is 11.9. The smallest absolute Gasteiger partial charge is 0.335 e. The lowest BCUT2D eigenvalue weighted by atomic mass is 10.0. The summed E-state index contributed by atoms with van der Waals surface area (Å²) in [5.41, 5.74) is 1.28. The van der Waals surface area contributed by atoms with Gasteiger partial charge in [0.05, 0.1) is 5.56 Å². The molecular formula is C14H18BrNO2. The van der Waals surface area contributed by atoms with E-state index in [1.165, 1.54) is 32.1 Å². The second-order valence-electron chi connectivity index (χ2n) is 4.87. The van der Waals surface area contributed by atoms with E-state index in [-0.39, 0.29) is 0 Å². The molecule has 0 radical (unpaired) electrons. The highest BCUT2D eigenvalue weighted by Crippen LogP contribution is 2.28. The summed E-state index contributed by atoms with van der Waals surface area (Å²) >= 11 is 3.40. The first-order valence-electron chi connectivity index (χ1n) is 6.43. The minimum Gasteiger partial charge on any atom is -0.478 e. The third kappa shape index (κ3) is 3.48. The minimum atomic E-state index is -0.895. The van der Waals surface area contributed by atoms with E-state index in [4.69, 9.17) is 5.11 Å². The van der Waals surface area contributed by atoms with E-state index in [0.717, 1.165) is 22.6 Å². The maximum absolute atomic E-state index is 10.8. The quantitative estimate of drug-likeness (QED) is 0.859. The Labute approximate surface area is 116 Å². The number of hydrogen-bond acceptors (Lipinski definition) is 2. The Kier molecular flexibility index (Phi) is 4.64. The molecule has 1 saturated carbocycles. The van der Waals surface area contributed by atoms with Gasteiger partial charge in [0.1, 0.15) is 0 Å². The lowest BCUT2D eigenvalue weighted by molar-refractivity contribution is 0.0697. The number of rotatable bonds is 5. The Morgan fingerprint density at radius 2 is 2.11 bits per heavy atom. The SMILES string of the molecule is O=C(O)c1ccc(NCCC2CCCC2)c(Br)c1.